The number of piperidine rings is 1. The normalized spacial score (nSPS) is 21.7. The summed E-state index contributed by atoms with van der Waals surface area (Å²) in [6.45, 7) is 4.92. The summed E-state index contributed by atoms with van der Waals surface area (Å²) in [6, 6.07) is 10.1. The minimum absolute atomic E-state index is 0.205. The van der Waals surface area contributed by atoms with Gasteiger partial charge in [0.2, 0.25) is 5.91 Å². The average Bonchev–Trinajstić information content (AvgIpc) is 3.46. The van der Waals surface area contributed by atoms with Gasteiger partial charge < -0.3 is 14.4 Å². The van der Waals surface area contributed by atoms with Crippen LogP contribution in [-0.4, -0.2) is 77.2 Å². The van der Waals surface area contributed by atoms with E-state index in [0.717, 1.165) is 43.6 Å². The molecule has 3 aliphatic heterocycles. The highest BCUT2D eigenvalue weighted by Crippen LogP contribution is 2.31. The van der Waals surface area contributed by atoms with Crippen LogP contribution in [0.15, 0.2) is 48.8 Å². The molecule has 1 amide bonds. The Labute approximate surface area is 176 Å². The van der Waals surface area contributed by atoms with E-state index >= 15 is 0 Å². The van der Waals surface area contributed by atoms with Gasteiger partial charge in [-0.3, -0.25) is 9.69 Å². The summed E-state index contributed by atoms with van der Waals surface area (Å²) in [5.74, 6) is -0.222. The molecular weight excluding hydrogens is 380 g/mol. The quantitative estimate of drug-likeness (QED) is 0.777. The number of hydrogen-bond acceptors (Lipinski definition) is 5. The minimum atomic E-state index is -0.427. The molecule has 4 heterocycles. The van der Waals surface area contributed by atoms with Crippen molar-refractivity contribution in [2.45, 2.75) is 25.0 Å². The summed E-state index contributed by atoms with van der Waals surface area (Å²) in [7, 11) is 0. The highest BCUT2D eigenvalue weighted by molar-refractivity contribution is 5.78. The number of amides is 1. The molecule has 158 valence electrons. The second kappa shape index (κ2) is 8.34. The zero-order valence-corrected chi connectivity index (χ0v) is 17.2. The van der Waals surface area contributed by atoms with Gasteiger partial charge in [0.25, 0.3) is 0 Å². The topological polar surface area (TPSA) is 59.8 Å². The van der Waals surface area contributed by atoms with Crippen LogP contribution in [-0.2, 0) is 14.3 Å². The number of benzene rings is 1. The van der Waals surface area contributed by atoms with Crippen LogP contribution in [0.25, 0.3) is 11.3 Å². The third-order valence-corrected chi connectivity index (χ3v) is 6.32. The summed E-state index contributed by atoms with van der Waals surface area (Å²) in [4.78, 5) is 16.9. The molecule has 2 aromatic rings. The molecule has 0 atom stereocenters. The molecule has 0 unspecified atom stereocenters. The number of likely N-dealkylation sites (tertiary alicyclic amines) is 1. The minimum Gasteiger partial charge on any atom is -0.347 e. The summed E-state index contributed by atoms with van der Waals surface area (Å²) in [5, 5.41) is 4.50. The van der Waals surface area contributed by atoms with Gasteiger partial charge in [0.05, 0.1) is 31.6 Å². The average molecular weight is 409 g/mol. The molecule has 2 saturated heterocycles. The molecule has 0 bridgehead atoms. The lowest BCUT2D eigenvalue weighted by Crippen LogP contribution is -2.50. The molecule has 7 heteroatoms. The number of rotatable bonds is 4. The molecule has 2 fully saturated rings. The number of aromatic nitrogens is 2. The van der Waals surface area contributed by atoms with Gasteiger partial charge in [0.15, 0.2) is 5.79 Å². The van der Waals surface area contributed by atoms with Gasteiger partial charge in [-0.1, -0.05) is 24.3 Å². The molecule has 0 aliphatic carbocycles. The van der Waals surface area contributed by atoms with Crippen molar-refractivity contribution in [3.63, 3.8) is 0 Å². The molecule has 5 rings (SSSR count). The summed E-state index contributed by atoms with van der Waals surface area (Å²) in [6.07, 6.45) is 8.71. The lowest BCUT2D eigenvalue weighted by Gasteiger charge is -2.38. The van der Waals surface area contributed by atoms with Gasteiger partial charge in [0.1, 0.15) is 0 Å². The molecule has 1 spiro atoms. The van der Waals surface area contributed by atoms with E-state index in [9.17, 15) is 4.79 Å². The standard InChI is InChI=1S/C23H28N4O3/c28-22(26-12-8-23(9-13-26)29-14-15-30-23)18-25-10-6-19(7-11-25)20-16-24-27(17-20)21-4-2-1-3-5-21/h1-6,16-17H,7-15,18H2. The number of carbonyl (C=O) groups is 1. The van der Waals surface area contributed by atoms with E-state index in [1.165, 1.54) is 5.57 Å². The Morgan fingerprint density at radius 2 is 1.83 bits per heavy atom. The van der Waals surface area contributed by atoms with Gasteiger partial charge in [0, 0.05) is 50.8 Å². The first kappa shape index (κ1) is 19.5. The van der Waals surface area contributed by atoms with Crippen LogP contribution in [0.5, 0.6) is 0 Å². The zero-order valence-electron chi connectivity index (χ0n) is 17.2. The van der Waals surface area contributed by atoms with Crippen LogP contribution in [0.2, 0.25) is 0 Å². The van der Waals surface area contributed by atoms with Crippen molar-refractivity contribution >= 4 is 11.5 Å². The number of hydrogen-bond donors (Lipinski definition) is 0. The van der Waals surface area contributed by atoms with E-state index in [0.29, 0.717) is 32.8 Å². The SMILES string of the molecule is O=C(CN1CC=C(c2cnn(-c3ccccc3)c2)CC1)N1CCC2(CC1)OCCO2. The fraction of sp³-hybridized carbons (Fsp3) is 0.478. The van der Waals surface area contributed by atoms with E-state index in [1.54, 1.807) is 0 Å². The Hall–Kier alpha value is -2.48. The molecule has 1 aromatic heterocycles. The molecule has 0 radical (unpaired) electrons. The van der Waals surface area contributed by atoms with Gasteiger partial charge in [-0.2, -0.15) is 5.10 Å². The largest absolute Gasteiger partial charge is 0.347 e. The smallest absolute Gasteiger partial charge is 0.236 e. The van der Waals surface area contributed by atoms with Gasteiger partial charge in [-0.25, -0.2) is 4.68 Å². The highest BCUT2D eigenvalue weighted by Gasteiger charge is 2.40. The van der Waals surface area contributed by atoms with Crippen molar-refractivity contribution in [1.29, 1.82) is 0 Å². The van der Waals surface area contributed by atoms with Crippen LogP contribution >= 0.6 is 0 Å². The van der Waals surface area contributed by atoms with Crippen LogP contribution in [0.4, 0.5) is 0 Å². The molecule has 30 heavy (non-hydrogen) atoms. The maximum Gasteiger partial charge on any atom is 0.236 e. The first-order valence-electron chi connectivity index (χ1n) is 10.8. The predicted octanol–water partition coefficient (Wildman–Crippen LogP) is 2.33. The second-order valence-electron chi connectivity index (χ2n) is 8.21. The first-order chi connectivity index (χ1) is 14.7. The summed E-state index contributed by atoms with van der Waals surface area (Å²) >= 11 is 0. The molecule has 3 aliphatic rings. The third kappa shape index (κ3) is 4.05. The maximum atomic E-state index is 12.7. The van der Waals surface area contributed by atoms with E-state index in [4.69, 9.17) is 9.47 Å². The van der Waals surface area contributed by atoms with Gasteiger partial charge in [-0.05, 0) is 24.1 Å². The maximum absolute atomic E-state index is 12.7. The fourth-order valence-corrected chi connectivity index (χ4v) is 4.50. The molecular formula is C23H28N4O3. The van der Waals surface area contributed by atoms with Crippen molar-refractivity contribution in [1.82, 2.24) is 19.6 Å². The molecule has 0 N–H and O–H groups in total. The highest BCUT2D eigenvalue weighted by atomic mass is 16.7. The van der Waals surface area contributed by atoms with Crippen LogP contribution in [0.3, 0.4) is 0 Å². The van der Waals surface area contributed by atoms with Crippen molar-refractivity contribution in [2.75, 3.05) is 45.9 Å². The number of carbonyl (C=O) groups excluding carboxylic acids is 1. The van der Waals surface area contributed by atoms with E-state index < -0.39 is 5.79 Å². The Kier molecular flexibility index (Phi) is 5.41. The van der Waals surface area contributed by atoms with Crippen LogP contribution in [0.1, 0.15) is 24.8 Å². The van der Waals surface area contributed by atoms with Crippen molar-refractivity contribution in [3.8, 4) is 5.69 Å². The first-order valence-corrected chi connectivity index (χ1v) is 10.8. The second-order valence-corrected chi connectivity index (χ2v) is 8.21. The Bertz CT molecular complexity index is 908. The predicted molar refractivity (Wildman–Crippen MR) is 113 cm³/mol. The summed E-state index contributed by atoms with van der Waals surface area (Å²) < 4.78 is 13.4. The van der Waals surface area contributed by atoms with Crippen LogP contribution < -0.4 is 0 Å². The number of nitrogens with zero attached hydrogens (tertiary/aromatic N) is 4. The van der Waals surface area contributed by atoms with Crippen LogP contribution in [0, 0.1) is 0 Å². The Morgan fingerprint density at radius 3 is 2.53 bits per heavy atom. The number of ether oxygens (including phenoxy) is 2. The van der Waals surface area contributed by atoms with Crippen molar-refractivity contribution in [2.24, 2.45) is 0 Å². The Morgan fingerprint density at radius 1 is 1.07 bits per heavy atom. The van der Waals surface area contributed by atoms with E-state index in [-0.39, 0.29) is 5.91 Å². The third-order valence-electron chi connectivity index (χ3n) is 6.32. The number of para-hydroxylation sites is 1. The molecule has 0 saturated carbocycles. The monoisotopic (exact) mass is 408 g/mol. The van der Waals surface area contributed by atoms with E-state index in [2.05, 4.69) is 22.3 Å². The fourth-order valence-electron chi connectivity index (χ4n) is 4.50. The van der Waals surface area contributed by atoms with Gasteiger partial charge >= 0.3 is 0 Å². The zero-order chi connectivity index (χ0) is 20.4. The lowest BCUT2D eigenvalue weighted by molar-refractivity contribution is -0.187. The molecule has 1 aromatic carbocycles. The van der Waals surface area contributed by atoms with Gasteiger partial charge in [-0.15, -0.1) is 0 Å². The molecule has 7 nitrogen and oxygen atoms in total. The Balaban J connectivity index is 1.14. The van der Waals surface area contributed by atoms with Crippen molar-refractivity contribution < 1.29 is 14.3 Å². The van der Waals surface area contributed by atoms with E-state index in [1.807, 2.05) is 46.1 Å². The summed E-state index contributed by atoms with van der Waals surface area (Å²) in [5.41, 5.74) is 3.52. The lowest BCUT2D eigenvalue weighted by atomic mass is 10.0. The van der Waals surface area contributed by atoms with Crippen molar-refractivity contribution in [3.05, 3.63) is 54.4 Å².